The Labute approximate surface area is 142 Å². The van der Waals surface area contributed by atoms with Gasteiger partial charge in [-0.25, -0.2) is 0 Å². The molecule has 0 atom stereocenters. The number of carbonyl (C=O) groups is 1. The number of pyridine rings is 1. The molecule has 2 aromatic heterocycles. The van der Waals surface area contributed by atoms with Crippen molar-refractivity contribution in [3.8, 4) is 0 Å². The number of nitrogens with one attached hydrogen (secondary N) is 1. The van der Waals surface area contributed by atoms with E-state index < -0.39 is 16.5 Å². The van der Waals surface area contributed by atoms with Crippen molar-refractivity contribution in [1.82, 2.24) is 14.8 Å². The van der Waals surface area contributed by atoms with Gasteiger partial charge in [0.15, 0.2) is 0 Å². The fraction of sp³-hybridized carbons (Fsp3) is 0.118. The molecule has 0 aliphatic heterocycles. The van der Waals surface area contributed by atoms with Gasteiger partial charge in [-0.3, -0.25) is 20.0 Å². The molecule has 25 heavy (non-hydrogen) atoms. The SMILES string of the molecule is Cc1ccc(Cn2ccccc2=NC(=O)c2[nH]ncc2[N+](=O)[O-])cc1. The molecule has 0 spiro atoms. The molecule has 0 aliphatic rings. The molecule has 0 unspecified atom stereocenters. The highest BCUT2D eigenvalue weighted by Gasteiger charge is 2.22. The molecule has 8 nitrogen and oxygen atoms in total. The topological polar surface area (TPSA) is 106 Å². The summed E-state index contributed by atoms with van der Waals surface area (Å²) < 4.78 is 1.80. The minimum absolute atomic E-state index is 0.240. The first-order valence-corrected chi connectivity index (χ1v) is 7.52. The summed E-state index contributed by atoms with van der Waals surface area (Å²) in [5, 5.41) is 16.8. The third-order valence-electron chi connectivity index (χ3n) is 3.64. The van der Waals surface area contributed by atoms with Gasteiger partial charge in [-0.1, -0.05) is 35.9 Å². The number of hydrogen-bond donors (Lipinski definition) is 1. The molecule has 3 aromatic rings. The second-order valence-corrected chi connectivity index (χ2v) is 5.48. The molecule has 0 aliphatic carbocycles. The van der Waals surface area contributed by atoms with E-state index >= 15 is 0 Å². The predicted molar refractivity (Wildman–Crippen MR) is 89.8 cm³/mol. The van der Waals surface area contributed by atoms with Crippen LogP contribution in [0.5, 0.6) is 0 Å². The fourth-order valence-electron chi connectivity index (χ4n) is 2.33. The summed E-state index contributed by atoms with van der Waals surface area (Å²) in [5.41, 5.74) is 1.98. The largest absolute Gasteiger partial charge is 0.328 e. The van der Waals surface area contributed by atoms with Crippen LogP contribution in [0.25, 0.3) is 0 Å². The second kappa shape index (κ2) is 6.91. The second-order valence-electron chi connectivity index (χ2n) is 5.48. The van der Waals surface area contributed by atoms with E-state index in [0.717, 1.165) is 17.3 Å². The quantitative estimate of drug-likeness (QED) is 0.582. The number of nitrogens with zero attached hydrogens (tertiary/aromatic N) is 4. The molecule has 126 valence electrons. The zero-order valence-corrected chi connectivity index (χ0v) is 13.4. The van der Waals surface area contributed by atoms with Crippen molar-refractivity contribution in [2.45, 2.75) is 13.5 Å². The average molecular weight is 337 g/mol. The van der Waals surface area contributed by atoms with E-state index in [1.54, 1.807) is 22.9 Å². The van der Waals surface area contributed by atoms with Crippen LogP contribution in [0.4, 0.5) is 5.69 Å². The maximum Gasteiger partial charge on any atom is 0.319 e. The van der Waals surface area contributed by atoms with Crippen LogP contribution in [0.3, 0.4) is 0 Å². The number of H-pyrrole nitrogens is 1. The lowest BCUT2D eigenvalue weighted by Gasteiger charge is -2.07. The lowest BCUT2D eigenvalue weighted by Crippen LogP contribution is -2.22. The standard InChI is InChI=1S/C17H15N5O3/c1-12-5-7-13(8-6-12)11-21-9-3-2-4-15(21)19-17(23)16-14(22(24)25)10-18-20-16/h2-10H,11H2,1H3,(H,18,20). The molecule has 0 radical (unpaired) electrons. The average Bonchev–Trinajstić information content (AvgIpc) is 3.09. The Morgan fingerprint density at radius 2 is 2.04 bits per heavy atom. The van der Waals surface area contributed by atoms with Crippen molar-refractivity contribution in [3.63, 3.8) is 0 Å². The van der Waals surface area contributed by atoms with Gasteiger partial charge in [0.25, 0.3) is 0 Å². The van der Waals surface area contributed by atoms with E-state index in [9.17, 15) is 14.9 Å². The Balaban J connectivity index is 1.95. The zero-order chi connectivity index (χ0) is 17.8. The van der Waals surface area contributed by atoms with Crippen LogP contribution in [0.1, 0.15) is 21.6 Å². The number of aromatic nitrogens is 3. The zero-order valence-electron chi connectivity index (χ0n) is 13.4. The number of hydrogen-bond acceptors (Lipinski definition) is 4. The summed E-state index contributed by atoms with van der Waals surface area (Å²) in [6.07, 6.45) is 2.79. The molecular weight excluding hydrogens is 322 g/mol. The highest BCUT2D eigenvalue weighted by Crippen LogP contribution is 2.15. The molecule has 0 saturated heterocycles. The van der Waals surface area contributed by atoms with Crippen molar-refractivity contribution in [2.75, 3.05) is 0 Å². The summed E-state index contributed by atoms with van der Waals surface area (Å²) in [7, 11) is 0. The Kier molecular flexibility index (Phi) is 4.51. The molecule has 0 fully saturated rings. The van der Waals surface area contributed by atoms with Crippen LogP contribution in [0, 0.1) is 17.0 Å². The van der Waals surface area contributed by atoms with E-state index in [4.69, 9.17) is 0 Å². The van der Waals surface area contributed by atoms with Gasteiger partial charge < -0.3 is 4.57 Å². The van der Waals surface area contributed by atoms with Gasteiger partial charge in [-0.15, -0.1) is 0 Å². The third kappa shape index (κ3) is 3.69. The van der Waals surface area contributed by atoms with Crippen LogP contribution in [0.2, 0.25) is 0 Å². The van der Waals surface area contributed by atoms with Crippen molar-refractivity contribution < 1.29 is 9.72 Å². The molecular formula is C17H15N5O3. The van der Waals surface area contributed by atoms with Gasteiger partial charge in [0.1, 0.15) is 11.7 Å². The van der Waals surface area contributed by atoms with Crippen LogP contribution in [-0.2, 0) is 6.54 Å². The third-order valence-corrected chi connectivity index (χ3v) is 3.64. The summed E-state index contributed by atoms with van der Waals surface area (Å²) in [4.78, 5) is 26.6. The monoisotopic (exact) mass is 337 g/mol. The van der Waals surface area contributed by atoms with Crippen LogP contribution >= 0.6 is 0 Å². The van der Waals surface area contributed by atoms with Gasteiger partial charge in [-0.05, 0) is 24.6 Å². The Bertz CT molecular complexity index is 986. The van der Waals surface area contributed by atoms with Gasteiger partial charge in [-0.2, -0.15) is 10.1 Å². The van der Waals surface area contributed by atoms with Crippen molar-refractivity contribution in [2.24, 2.45) is 4.99 Å². The molecule has 1 aromatic carbocycles. The molecule has 1 amide bonds. The van der Waals surface area contributed by atoms with E-state index in [1.165, 1.54) is 0 Å². The number of nitro groups is 1. The van der Waals surface area contributed by atoms with Gasteiger partial charge in [0.2, 0.25) is 5.69 Å². The van der Waals surface area contributed by atoms with E-state index in [2.05, 4.69) is 15.2 Å². The highest BCUT2D eigenvalue weighted by molar-refractivity contribution is 5.96. The first-order valence-electron chi connectivity index (χ1n) is 7.52. The van der Waals surface area contributed by atoms with Crippen LogP contribution in [0.15, 0.2) is 59.9 Å². The summed E-state index contributed by atoms with van der Waals surface area (Å²) in [6.45, 7) is 2.54. The molecule has 1 N–H and O–H groups in total. The smallest absolute Gasteiger partial charge is 0.319 e. The number of benzene rings is 1. The number of carbonyl (C=O) groups excluding carboxylic acids is 1. The minimum Gasteiger partial charge on any atom is -0.328 e. The Morgan fingerprint density at radius 1 is 1.28 bits per heavy atom. The van der Waals surface area contributed by atoms with E-state index in [-0.39, 0.29) is 5.69 Å². The van der Waals surface area contributed by atoms with Gasteiger partial charge in [0.05, 0.1) is 4.92 Å². The van der Waals surface area contributed by atoms with Crippen LogP contribution < -0.4 is 5.49 Å². The molecule has 0 saturated carbocycles. The Morgan fingerprint density at radius 3 is 2.76 bits per heavy atom. The summed E-state index contributed by atoms with van der Waals surface area (Å²) in [5.74, 6) is -0.743. The molecule has 0 bridgehead atoms. The lowest BCUT2D eigenvalue weighted by atomic mass is 10.1. The number of aryl methyl sites for hydroxylation is 1. The van der Waals surface area contributed by atoms with Gasteiger partial charge >= 0.3 is 11.6 Å². The molecule has 3 rings (SSSR count). The Hall–Kier alpha value is -3.55. The summed E-state index contributed by atoms with van der Waals surface area (Å²) >= 11 is 0. The number of amides is 1. The maximum atomic E-state index is 12.3. The minimum atomic E-state index is -0.743. The number of rotatable bonds is 4. The van der Waals surface area contributed by atoms with Crippen LogP contribution in [-0.4, -0.2) is 25.6 Å². The predicted octanol–water partition coefficient (Wildman–Crippen LogP) is 2.22. The molecule has 8 heteroatoms. The first kappa shape index (κ1) is 16.3. The highest BCUT2D eigenvalue weighted by atomic mass is 16.6. The molecule has 2 heterocycles. The maximum absolute atomic E-state index is 12.3. The van der Waals surface area contributed by atoms with Crippen molar-refractivity contribution in [1.29, 1.82) is 0 Å². The number of aromatic amines is 1. The van der Waals surface area contributed by atoms with E-state index in [0.29, 0.717) is 12.0 Å². The van der Waals surface area contributed by atoms with Crippen molar-refractivity contribution >= 4 is 11.6 Å². The van der Waals surface area contributed by atoms with Crippen molar-refractivity contribution in [3.05, 3.63) is 87.3 Å². The lowest BCUT2D eigenvalue weighted by molar-refractivity contribution is -0.385. The van der Waals surface area contributed by atoms with Gasteiger partial charge in [0, 0.05) is 12.7 Å². The fourth-order valence-corrected chi connectivity index (χ4v) is 2.33. The summed E-state index contributed by atoms with van der Waals surface area (Å²) in [6, 6.07) is 13.3. The first-order chi connectivity index (χ1) is 12.0. The normalized spacial score (nSPS) is 11.5. The van der Waals surface area contributed by atoms with E-state index in [1.807, 2.05) is 37.3 Å².